The summed E-state index contributed by atoms with van der Waals surface area (Å²) in [5.41, 5.74) is 1.69. The summed E-state index contributed by atoms with van der Waals surface area (Å²) in [6, 6.07) is 6.87. The smallest absolute Gasteiger partial charge is 0.243 e. The average Bonchev–Trinajstić information content (AvgIpc) is 2.49. The van der Waals surface area contributed by atoms with Crippen molar-refractivity contribution in [3.63, 3.8) is 0 Å². The van der Waals surface area contributed by atoms with E-state index in [2.05, 4.69) is 10.2 Å². The third kappa shape index (κ3) is 6.12. The minimum atomic E-state index is -0.162. The van der Waals surface area contributed by atoms with Crippen LogP contribution in [0.15, 0.2) is 35.9 Å². The Labute approximate surface area is 137 Å². The number of hydrogen-bond acceptors (Lipinski definition) is 3. The molecule has 0 spiro atoms. The second-order valence-corrected chi connectivity index (χ2v) is 6.12. The van der Waals surface area contributed by atoms with Crippen molar-refractivity contribution in [2.75, 3.05) is 26.2 Å². The summed E-state index contributed by atoms with van der Waals surface area (Å²) < 4.78 is 19.5. The third-order valence-electron chi connectivity index (χ3n) is 3.76. The Balaban J connectivity index is 1.76. The lowest BCUT2D eigenvalue weighted by Gasteiger charge is -2.33. The quantitative estimate of drug-likeness (QED) is 0.819. The highest BCUT2D eigenvalue weighted by Gasteiger charge is 2.21. The first kappa shape index (κ1) is 17.6. The fourth-order valence-corrected chi connectivity index (χ4v) is 2.64. The highest BCUT2D eigenvalue weighted by Crippen LogP contribution is 2.14. The maximum absolute atomic E-state index is 13.7. The zero-order chi connectivity index (χ0) is 16.7. The van der Waals surface area contributed by atoms with Crippen LogP contribution in [0.2, 0.25) is 0 Å². The van der Waals surface area contributed by atoms with E-state index < -0.39 is 0 Å². The number of allylic oxidation sites excluding steroid dienone is 1. The fraction of sp³-hybridized carbons (Fsp3) is 0.500. The number of benzene rings is 1. The predicted molar refractivity (Wildman–Crippen MR) is 88.5 cm³/mol. The number of carbonyl (C=O) groups is 1. The van der Waals surface area contributed by atoms with Crippen LogP contribution in [0.5, 0.6) is 0 Å². The van der Waals surface area contributed by atoms with E-state index in [1.54, 1.807) is 12.1 Å². The number of morpholine rings is 1. The van der Waals surface area contributed by atoms with Gasteiger partial charge in [-0.25, -0.2) is 4.39 Å². The molecule has 5 heteroatoms. The summed E-state index contributed by atoms with van der Waals surface area (Å²) in [5.74, 6) is -0.228. The van der Waals surface area contributed by atoms with Crippen LogP contribution in [-0.4, -0.2) is 43.2 Å². The van der Waals surface area contributed by atoms with Gasteiger partial charge in [0.1, 0.15) is 5.82 Å². The lowest BCUT2D eigenvalue weighted by molar-refractivity contribution is -0.116. The normalized spacial score (nSPS) is 18.5. The molecule has 1 amide bonds. The standard InChI is InChI=1S/C18H25FN2O2/c1-14(2)11-18(22)20-8-7-16-13-21(9-10-23-16)12-15-5-3-4-6-17(15)19/h3-6,11,16H,7-10,12-13H2,1-2H3,(H,20,22)/t16-/m1/s1. The van der Waals surface area contributed by atoms with Crippen molar-refractivity contribution in [2.45, 2.75) is 32.9 Å². The average molecular weight is 320 g/mol. The summed E-state index contributed by atoms with van der Waals surface area (Å²) in [6.45, 7) is 7.16. The van der Waals surface area contributed by atoms with E-state index in [0.29, 0.717) is 25.3 Å². The van der Waals surface area contributed by atoms with Crippen molar-refractivity contribution >= 4 is 5.91 Å². The predicted octanol–water partition coefficient (Wildman–Crippen LogP) is 2.50. The third-order valence-corrected chi connectivity index (χ3v) is 3.76. The molecule has 0 bridgehead atoms. The summed E-state index contributed by atoms with van der Waals surface area (Å²) in [4.78, 5) is 13.8. The minimum Gasteiger partial charge on any atom is -0.375 e. The van der Waals surface area contributed by atoms with Crippen LogP contribution >= 0.6 is 0 Å². The summed E-state index contributed by atoms with van der Waals surface area (Å²) >= 11 is 0. The topological polar surface area (TPSA) is 41.6 Å². The van der Waals surface area contributed by atoms with E-state index in [1.807, 2.05) is 26.0 Å². The molecule has 1 aliphatic rings. The molecule has 1 N–H and O–H groups in total. The molecule has 0 saturated carbocycles. The number of amides is 1. The van der Waals surface area contributed by atoms with Crippen molar-refractivity contribution < 1.29 is 13.9 Å². The van der Waals surface area contributed by atoms with E-state index in [4.69, 9.17) is 4.74 Å². The van der Waals surface area contributed by atoms with Crippen LogP contribution in [0.3, 0.4) is 0 Å². The molecule has 1 saturated heterocycles. The van der Waals surface area contributed by atoms with Crippen molar-refractivity contribution in [1.29, 1.82) is 0 Å². The van der Waals surface area contributed by atoms with Crippen LogP contribution in [0, 0.1) is 5.82 Å². The molecule has 126 valence electrons. The Bertz CT molecular complexity index is 556. The van der Waals surface area contributed by atoms with Gasteiger partial charge in [0, 0.05) is 37.8 Å². The monoisotopic (exact) mass is 320 g/mol. The van der Waals surface area contributed by atoms with E-state index in [9.17, 15) is 9.18 Å². The number of carbonyl (C=O) groups excluding carboxylic acids is 1. The molecule has 4 nitrogen and oxygen atoms in total. The molecule has 23 heavy (non-hydrogen) atoms. The minimum absolute atomic E-state index is 0.0657. The fourth-order valence-electron chi connectivity index (χ4n) is 2.64. The van der Waals surface area contributed by atoms with Crippen molar-refractivity contribution in [3.8, 4) is 0 Å². The summed E-state index contributed by atoms with van der Waals surface area (Å²) in [6.07, 6.45) is 2.42. The maximum Gasteiger partial charge on any atom is 0.243 e. The van der Waals surface area contributed by atoms with Gasteiger partial charge in [-0.2, -0.15) is 0 Å². The molecular weight excluding hydrogens is 295 g/mol. The molecule has 1 aliphatic heterocycles. The molecular formula is C18H25FN2O2. The summed E-state index contributed by atoms with van der Waals surface area (Å²) in [7, 11) is 0. The number of halogens is 1. The number of nitrogens with zero attached hydrogens (tertiary/aromatic N) is 1. The molecule has 1 atom stereocenters. The Morgan fingerprint density at radius 1 is 1.43 bits per heavy atom. The highest BCUT2D eigenvalue weighted by molar-refractivity contribution is 5.87. The summed E-state index contributed by atoms with van der Waals surface area (Å²) in [5, 5.41) is 2.86. The van der Waals surface area contributed by atoms with Crippen LogP contribution in [-0.2, 0) is 16.1 Å². The molecule has 0 unspecified atom stereocenters. The zero-order valence-corrected chi connectivity index (χ0v) is 13.8. The second kappa shape index (κ2) is 8.79. The van der Waals surface area contributed by atoms with Crippen molar-refractivity contribution in [3.05, 3.63) is 47.3 Å². The van der Waals surface area contributed by atoms with Crippen LogP contribution in [0.4, 0.5) is 4.39 Å². The number of hydrogen-bond donors (Lipinski definition) is 1. The van der Waals surface area contributed by atoms with E-state index in [0.717, 1.165) is 25.1 Å². The zero-order valence-electron chi connectivity index (χ0n) is 13.8. The number of nitrogens with one attached hydrogen (secondary N) is 1. The Morgan fingerprint density at radius 3 is 2.96 bits per heavy atom. The largest absolute Gasteiger partial charge is 0.375 e. The molecule has 0 aliphatic carbocycles. The number of rotatable bonds is 6. The van der Waals surface area contributed by atoms with Crippen molar-refractivity contribution in [2.24, 2.45) is 0 Å². The van der Waals surface area contributed by atoms with Gasteiger partial charge in [-0.1, -0.05) is 23.8 Å². The molecule has 0 aromatic heterocycles. The van der Waals surface area contributed by atoms with Gasteiger partial charge in [-0.3, -0.25) is 9.69 Å². The molecule has 1 heterocycles. The van der Waals surface area contributed by atoms with Gasteiger partial charge in [-0.05, 0) is 26.3 Å². The van der Waals surface area contributed by atoms with Gasteiger partial charge < -0.3 is 10.1 Å². The molecule has 0 radical (unpaired) electrons. The van der Waals surface area contributed by atoms with Gasteiger partial charge in [0.05, 0.1) is 12.7 Å². The van der Waals surface area contributed by atoms with Gasteiger partial charge in [0.25, 0.3) is 0 Å². The van der Waals surface area contributed by atoms with E-state index in [-0.39, 0.29) is 17.8 Å². The second-order valence-electron chi connectivity index (χ2n) is 6.12. The van der Waals surface area contributed by atoms with Gasteiger partial charge in [0.2, 0.25) is 5.91 Å². The molecule has 1 fully saturated rings. The first-order valence-corrected chi connectivity index (χ1v) is 8.04. The van der Waals surface area contributed by atoms with Gasteiger partial charge in [0.15, 0.2) is 0 Å². The lowest BCUT2D eigenvalue weighted by Crippen LogP contribution is -2.43. The first-order valence-electron chi connectivity index (χ1n) is 8.04. The highest BCUT2D eigenvalue weighted by atomic mass is 19.1. The SMILES string of the molecule is CC(C)=CC(=O)NCC[C@@H]1CN(Cc2ccccc2F)CCO1. The van der Waals surface area contributed by atoms with E-state index in [1.165, 1.54) is 6.07 Å². The Hall–Kier alpha value is -1.72. The van der Waals surface area contributed by atoms with Gasteiger partial charge >= 0.3 is 0 Å². The first-order chi connectivity index (χ1) is 11.0. The van der Waals surface area contributed by atoms with Gasteiger partial charge in [-0.15, -0.1) is 0 Å². The van der Waals surface area contributed by atoms with Crippen LogP contribution in [0.25, 0.3) is 0 Å². The van der Waals surface area contributed by atoms with Crippen molar-refractivity contribution in [1.82, 2.24) is 10.2 Å². The number of ether oxygens (including phenoxy) is 1. The maximum atomic E-state index is 13.7. The molecule has 2 rings (SSSR count). The Morgan fingerprint density at radius 2 is 2.22 bits per heavy atom. The molecule has 1 aromatic rings. The Kier molecular flexibility index (Phi) is 6.74. The molecule has 1 aromatic carbocycles. The lowest BCUT2D eigenvalue weighted by atomic mass is 10.1. The van der Waals surface area contributed by atoms with Crippen LogP contribution < -0.4 is 5.32 Å². The van der Waals surface area contributed by atoms with Crippen LogP contribution in [0.1, 0.15) is 25.8 Å². The van der Waals surface area contributed by atoms with E-state index >= 15 is 0 Å².